The molecule has 1 amide bonds. The van der Waals surface area contributed by atoms with E-state index in [0.29, 0.717) is 16.0 Å². The molecule has 0 aliphatic heterocycles. The highest BCUT2D eigenvalue weighted by molar-refractivity contribution is 9.10. The number of hydrogen-bond donors (Lipinski definition) is 2. The fourth-order valence-electron chi connectivity index (χ4n) is 3.56. The van der Waals surface area contributed by atoms with Gasteiger partial charge in [0.05, 0.1) is 11.1 Å². The molecular weight excluding hydrogens is 532 g/mol. The van der Waals surface area contributed by atoms with Gasteiger partial charge in [-0.25, -0.2) is 5.43 Å². The first-order valence-corrected chi connectivity index (χ1v) is 11.5. The highest BCUT2D eigenvalue weighted by atomic mass is 79.9. The molecule has 36 heavy (non-hydrogen) atoms. The molecule has 0 radical (unpaired) electrons. The molecule has 4 aromatic rings. The Morgan fingerprint density at radius 2 is 1.86 bits per heavy atom. The van der Waals surface area contributed by atoms with Gasteiger partial charge in [0.25, 0.3) is 0 Å². The van der Waals surface area contributed by atoms with Crippen molar-refractivity contribution in [2.24, 2.45) is 5.10 Å². The Morgan fingerprint density at radius 3 is 2.53 bits per heavy atom. The first-order chi connectivity index (χ1) is 17.2. The molecule has 0 bridgehead atoms. The lowest BCUT2D eigenvalue weighted by atomic mass is 10.2. The van der Waals surface area contributed by atoms with Crippen molar-refractivity contribution in [3.05, 3.63) is 104 Å². The second-order valence-corrected chi connectivity index (χ2v) is 8.73. The van der Waals surface area contributed by atoms with Gasteiger partial charge in [0.1, 0.15) is 18.1 Å². The second-order valence-electron chi connectivity index (χ2n) is 7.82. The summed E-state index contributed by atoms with van der Waals surface area (Å²) in [7, 11) is 0. The van der Waals surface area contributed by atoms with Crippen molar-refractivity contribution in [3.8, 4) is 17.2 Å². The van der Waals surface area contributed by atoms with E-state index in [0.717, 1.165) is 29.4 Å². The minimum Gasteiger partial charge on any atom is -0.502 e. The van der Waals surface area contributed by atoms with Crippen LogP contribution in [0.3, 0.4) is 0 Å². The predicted molar refractivity (Wildman–Crippen MR) is 136 cm³/mol. The fraction of sp³-hybridized carbons (Fsp3) is 0.120. The number of nitrogens with zero attached hydrogens (tertiary/aromatic N) is 3. The summed E-state index contributed by atoms with van der Waals surface area (Å²) < 4.78 is 13.8. The van der Waals surface area contributed by atoms with Crippen molar-refractivity contribution in [3.63, 3.8) is 0 Å². The number of aromatic hydroxyl groups is 1. The van der Waals surface area contributed by atoms with Crippen LogP contribution in [0.1, 0.15) is 33.3 Å². The number of furan rings is 1. The normalized spacial score (nSPS) is 11.1. The third-order valence-corrected chi connectivity index (χ3v) is 5.74. The van der Waals surface area contributed by atoms with Crippen LogP contribution in [0.15, 0.2) is 74.7 Å². The van der Waals surface area contributed by atoms with Crippen molar-refractivity contribution < 1.29 is 24.0 Å². The van der Waals surface area contributed by atoms with Crippen LogP contribution in [0.2, 0.25) is 0 Å². The van der Waals surface area contributed by atoms with Gasteiger partial charge in [0, 0.05) is 33.2 Å². The molecule has 10 nitrogen and oxygen atoms in total. The monoisotopic (exact) mass is 552 g/mol. The van der Waals surface area contributed by atoms with E-state index >= 15 is 0 Å². The topological polar surface area (TPSA) is 132 Å². The summed E-state index contributed by atoms with van der Waals surface area (Å²) in [5.74, 6) is -0.112. The number of rotatable bonds is 8. The molecule has 184 valence electrons. The van der Waals surface area contributed by atoms with Crippen LogP contribution in [0.25, 0.3) is 5.69 Å². The molecule has 0 unspecified atom stereocenters. The zero-order chi connectivity index (χ0) is 25.8. The van der Waals surface area contributed by atoms with Crippen molar-refractivity contribution >= 4 is 33.7 Å². The van der Waals surface area contributed by atoms with Gasteiger partial charge in [-0.05, 0) is 68.4 Å². The number of nitro groups is 1. The highest BCUT2D eigenvalue weighted by Gasteiger charge is 2.18. The van der Waals surface area contributed by atoms with Crippen LogP contribution in [0, 0.1) is 24.0 Å². The molecular formula is C25H21BrN4O6. The molecule has 0 aliphatic carbocycles. The van der Waals surface area contributed by atoms with Crippen molar-refractivity contribution in [2.75, 3.05) is 0 Å². The number of benzene rings is 2. The standard InChI is InChI=1S/C25H21BrN4O6/c1-15-3-4-16(2)29(15)19-5-7-20(8-6-19)35-14-21-9-10-23(36-21)25(32)28-27-13-17-11-18(26)12-22(24(17)31)30(33)34/h3-13,31H,14H2,1-2H3,(H,28,32)/b27-13+. The number of amides is 1. The van der Waals surface area contributed by atoms with E-state index in [2.05, 4.69) is 43.2 Å². The Balaban J connectivity index is 1.34. The first kappa shape index (κ1) is 24.7. The average molecular weight is 553 g/mol. The van der Waals surface area contributed by atoms with Crippen molar-refractivity contribution in [2.45, 2.75) is 20.5 Å². The molecule has 2 N–H and O–H groups in total. The van der Waals surface area contributed by atoms with Gasteiger partial charge < -0.3 is 18.8 Å². The third-order valence-electron chi connectivity index (χ3n) is 5.28. The van der Waals surface area contributed by atoms with Crippen molar-refractivity contribution in [1.82, 2.24) is 9.99 Å². The van der Waals surface area contributed by atoms with Gasteiger partial charge in [-0.15, -0.1) is 0 Å². The largest absolute Gasteiger partial charge is 0.502 e. The number of halogens is 1. The SMILES string of the molecule is Cc1ccc(C)n1-c1ccc(OCc2ccc(C(=O)N/N=C/c3cc(Br)cc([N+](=O)[O-])c3O)o2)cc1. The lowest BCUT2D eigenvalue weighted by Crippen LogP contribution is -2.16. The van der Waals surface area contributed by atoms with Gasteiger partial charge in [0.2, 0.25) is 5.75 Å². The molecule has 0 saturated carbocycles. The van der Waals surface area contributed by atoms with Crippen LogP contribution >= 0.6 is 15.9 Å². The summed E-state index contributed by atoms with van der Waals surface area (Å²) in [6.45, 7) is 4.21. The number of phenolic OH excluding ortho intramolecular Hbond substituents is 1. The second kappa shape index (κ2) is 10.5. The number of phenols is 1. The average Bonchev–Trinajstić information content (AvgIpc) is 3.46. The Morgan fingerprint density at radius 1 is 1.17 bits per heavy atom. The summed E-state index contributed by atoms with van der Waals surface area (Å²) >= 11 is 3.13. The molecule has 2 heterocycles. The maximum absolute atomic E-state index is 12.3. The maximum atomic E-state index is 12.3. The number of aryl methyl sites for hydroxylation is 2. The van der Waals surface area contributed by atoms with Gasteiger partial charge in [0.15, 0.2) is 5.76 Å². The van der Waals surface area contributed by atoms with Crippen LogP contribution in [-0.2, 0) is 6.61 Å². The molecule has 0 spiro atoms. The third kappa shape index (κ3) is 5.47. The molecule has 2 aromatic heterocycles. The van der Waals surface area contributed by atoms with E-state index in [4.69, 9.17) is 9.15 Å². The van der Waals surface area contributed by atoms with Crippen LogP contribution in [0.4, 0.5) is 5.69 Å². The number of nitro benzene ring substituents is 1. The smallest absolute Gasteiger partial charge is 0.312 e. The van der Waals surface area contributed by atoms with E-state index in [-0.39, 0.29) is 17.9 Å². The lowest BCUT2D eigenvalue weighted by Gasteiger charge is -2.10. The van der Waals surface area contributed by atoms with E-state index in [1.54, 1.807) is 6.07 Å². The predicted octanol–water partition coefficient (Wildman–Crippen LogP) is 5.41. The summed E-state index contributed by atoms with van der Waals surface area (Å²) in [5, 5.41) is 24.8. The summed E-state index contributed by atoms with van der Waals surface area (Å²) in [6.07, 6.45) is 1.10. The number of hydrazone groups is 1. The maximum Gasteiger partial charge on any atom is 0.312 e. The van der Waals surface area contributed by atoms with Crippen LogP contribution in [0.5, 0.6) is 11.5 Å². The van der Waals surface area contributed by atoms with Gasteiger partial charge in [-0.1, -0.05) is 15.9 Å². The minimum absolute atomic E-state index is 0.00380. The number of aromatic nitrogens is 1. The van der Waals surface area contributed by atoms with E-state index in [1.165, 1.54) is 12.1 Å². The van der Waals surface area contributed by atoms with E-state index in [1.807, 2.05) is 38.1 Å². The first-order valence-electron chi connectivity index (χ1n) is 10.7. The van der Waals surface area contributed by atoms with E-state index < -0.39 is 22.3 Å². The number of carbonyl (C=O) groups is 1. The number of carbonyl (C=O) groups excluding carboxylic acids is 1. The van der Waals surface area contributed by atoms with Crippen LogP contribution in [-0.4, -0.2) is 26.7 Å². The van der Waals surface area contributed by atoms with Gasteiger partial charge in [-0.3, -0.25) is 14.9 Å². The molecule has 0 fully saturated rings. The van der Waals surface area contributed by atoms with Gasteiger partial charge >= 0.3 is 11.6 Å². The summed E-state index contributed by atoms with van der Waals surface area (Å²) in [4.78, 5) is 22.6. The van der Waals surface area contributed by atoms with Crippen molar-refractivity contribution in [1.29, 1.82) is 0 Å². The molecule has 0 saturated heterocycles. The lowest BCUT2D eigenvalue weighted by molar-refractivity contribution is -0.385. The molecule has 4 rings (SSSR count). The van der Waals surface area contributed by atoms with Crippen LogP contribution < -0.4 is 10.2 Å². The fourth-order valence-corrected chi connectivity index (χ4v) is 4.02. The zero-order valence-corrected chi connectivity index (χ0v) is 20.9. The zero-order valence-electron chi connectivity index (χ0n) is 19.3. The molecule has 0 atom stereocenters. The summed E-state index contributed by atoms with van der Waals surface area (Å²) in [5.41, 5.74) is 5.13. The highest BCUT2D eigenvalue weighted by Crippen LogP contribution is 2.32. The number of hydrogen-bond acceptors (Lipinski definition) is 7. The Hall–Kier alpha value is -4.38. The molecule has 2 aromatic carbocycles. The summed E-state index contributed by atoms with van der Waals surface area (Å²) in [6, 6.07) is 17.5. The molecule has 11 heteroatoms. The van der Waals surface area contributed by atoms with E-state index in [9.17, 15) is 20.0 Å². The quantitative estimate of drug-likeness (QED) is 0.171. The Kier molecular flexibility index (Phi) is 7.20. The Labute approximate surface area is 214 Å². The molecule has 0 aliphatic rings. The minimum atomic E-state index is -0.721. The van der Waals surface area contributed by atoms with Gasteiger partial charge in [-0.2, -0.15) is 5.10 Å². The number of ether oxygens (including phenoxy) is 1. The number of nitrogens with one attached hydrogen (secondary N) is 1. The Bertz CT molecular complexity index is 1440.